The van der Waals surface area contributed by atoms with Gasteiger partial charge in [-0.05, 0) is 74.5 Å². The molecule has 1 aliphatic rings. The van der Waals surface area contributed by atoms with Gasteiger partial charge in [-0.15, -0.1) is 0 Å². The van der Waals surface area contributed by atoms with Crippen molar-refractivity contribution in [1.29, 1.82) is 0 Å². The number of rotatable bonds is 30. The molecule has 0 aromatic heterocycles. The minimum atomic E-state index is -4.23. The summed E-state index contributed by atoms with van der Waals surface area (Å²) in [6.45, 7) is 11.2. The van der Waals surface area contributed by atoms with Crippen LogP contribution in [0, 0.1) is 48.0 Å². The van der Waals surface area contributed by atoms with Crippen LogP contribution in [0.25, 0.3) is 0 Å². The number of methoxy groups -OCH3 is 2. The molecule has 0 bridgehead atoms. The van der Waals surface area contributed by atoms with Crippen molar-refractivity contribution in [2.75, 3.05) is 61.8 Å². The number of nitrogens with zero attached hydrogens (tertiary/aromatic N) is 5. The van der Waals surface area contributed by atoms with Gasteiger partial charge in [-0.2, -0.15) is 4.39 Å². The molecular weight excluding hydrogens is 1010 g/mol. The Labute approximate surface area is 448 Å². The highest BCUT2D eigenvalue weighted by Crippen LogP contribution is 2.32. The Morgan fingerprint density at radius 1 is 0.855 bits per heavy atom. The van der Waals surface area contributed by atoms with E-state index in [-0.39, 0.29) is 98.6 Å². The van der Waals surface area contributed by atoms with E-state index in [4.69, 9.17) is 14.5 Å². The zero-order chi connectivity index (χ0) is 57.2. The molecule has 0 aliphatic carbocycles. The number of hydrogen-bond donors (Lipinski definition) is 1. The van der Waals surface area contributed by atoms with Gasteiger partial charge in [0.15, 0.2) is 17.6 Å². The zero-order valence-corrected chi connectivity index (χ0v) is 47.6. The van der Waals surface area contributed by atoms with Crippen LogP contribution in [-0.4, -0.2) is 161 Å². The molecule has 21 heteroatoms. The molecule has 8 atom stereocenters. The third-order valence-electron chi connectivity index (χ3n) is 14.2. The third-order valence-corrected chi connectivity index (χ3v) is 15.5. The van der Waals surface area contributed by atoms with Gasteiger partial charge in [-0.3, -0.25) is 33.5 Å². The molecule has 0 unspecified atom stereocenters. The molecule has 3 amide bonds. The first kappa shape index (κ1) is 64.9. The molecule has 76 heavy (non-hydrogen) atoms. The van der Waals surface area contributed by atoms with E-state index in [1.54, 1.807) is 54.1 Å². The standard InChI is InChI=1S/C55H83F3N6O11S/c1-14-35(4)50(63(11)54(70)49(34(2)3)59-55(61(7)8)62(9)10)44(73-12)33-45(67)64-28-21-26-42(64)51(74-13)37(6)43(66)32-39(31-38-22-16-15-17-23-38)53(69)60-76(71,72)29-19-18-24-40(65)25-20-27-46(68)75-52-47(57)36(5)30-41(56)48(52)58/h15-17,22-23,30,34-35,37,39,42,44,49-51H,14,18-21,24-29,31-33H2,1-13H3,(H,60,69)/t35-,37-,39+,42-,44+,49-,50-,51+/m0/s1. The number of nitrogens with one attached hydrogen (secondary N) is 1. The highest BCUT2D eigenvalue weighted by molar-refractivity contribution is 7.90. The molecule has 0 spiro atoms. The van der Waals surface area contributed by atoms with Crippen molar-refractivity contribution in [3.8, 4) is 5.75 Å². The van der Waals surface area contributed by atoms with Crippen molar-refractivity contribution in [2.45, 2.75) is 149 Å². The number of carbonyl (C=O) groups is 6. The van der Waals surface area contributed by atoms with Crippen molar-refractivity contribution < 1.29 is 64.6 Å². The number of aryl methyl sites for hydroxylation is 1. The molecular formula is C55H83F3N6O11S. The Morgan fingerprint density at radius 2 is 1.49 bits per heavy atom. The summed E-state index contributed by atoms with van der Waals surface area (Å²) in [5.74, 6) is -10.4. The molecule has 0 saturated carbocycles. The number of ketones is 2. The zero-order valence-electron chi connectivity index (χ0n) is 46.8. The summed E-state index contributed by atoms with van der Waals surface area (Å²) in [7, 11) is 7.97. The SMILES string of the molecule is CC[C@H](C)[C@@H]([C@@H](CC(=O)N1CCC[C@H]1[C@H](OC)[C@@H](C)C(=O)C[C@@H](Cc1ccccc1)C(=O)NS(=O)(=O)CCCCC(=O)CCCC(=O)Oc1c(F)c(C)cc(F)c1F)OC)N(C)C(=O)[C@@H](N=C(N(C)C)N(C)C)C(C)C. The monoisotopic (exact) mass is 1090 g/mol. The lowest BCUT2D eigenvalue weighted by Gasteiger charge is -2.40. The van der Waals surface area contributed by atoms with Crippen LogP contribution in [0.3, 0.4) is 0 Å². The number of unbranched alkanes of at least 4 members (excludes halogenated alkanes) is 1. The van der Waals surface area contributed by atoms with Crippen molar-refractivity contribution in [3.63, 3.8) is 0 Å². The minimum absolute atomic E-state index is 0.0000977. The summed E-state index contributed by atoms with van der Waals surface area (Å²) in [5.41, 5.74) is 0.439. The smallest absolute Gasteiger partial charge is 0.311 e. The summed E-state index contributed by atoms with van der Waals surface area (Å²) in [6.07, 6.45) is -0.375. The van der Waals surface area contributed by atoms with Crippen LogP contribution in [0.5, 0.6) is 5.75 Å². The first-order valence-electron chi connectivity index (χ1n) is 26.2. The molecule has 1 saturated heterocycles. The van der Waals surface area contributed by atoms with E-state index in [1.165, 1.54) is 21.1 Å². The highest BCUT2D eigenvalue weighted by atomic mass is 32.2. The number of Topliss-reactive ketones (excluding diaryl/α,β-unsaturated/α-hetero) is 2. The molecule has 1 N–H and O–H groups in total. The molecule has 1 heterocycles. The summed E-state index contributed by atoms with van der Waals surface area (Å²) in [5, 5.41) is 0. The van der Waals surface area contributed by atoms with Crippen molar-refractivity contribution >= 4 is 51.2 Å². The van der Waals surface area contributed by atoms with Crippen molar-refractivity contribution in [1.82, 2.24) is 24.3 Å². The van der Waals surface area contributed by atoms with Gasteiger partial charge in [-0.1, -0.05) is 71.4 Å². The number of carbonyl (C=O) groups excluding carboxylic acids is 6. The molecule has 1 fully saturated rings. The largest absolute Gasteiger partial charge is 0.420 e. The van der Waals surface area contributed by atoms with Gasteiger partial charge in [0, 0.05) is 93.5 Å². The van der Waals surface area contributed by atoms with Gasteiger partial charge in [0.1, 0.15) is 17.6 Å². The number of sulfonamides is 1. The van der Waals surface area contributed by atoms with Gasteiger partial charge in [0.2, 0.25) is 39.3 Å². The number of likely N-dealkylation sites (tertiary alicyclic amines) is 1. The summed E-state index contributed by atoms with van der Waals surface area (Å²) in [4.78, 5) is 93.7. The second-order valence-electron chi connectivity index (χ2n) is 20.8. The lowest BCUT2D eigenvalue weighted by atomic mass is 9.85. The Bertz CT molecular complexity index is 2390. The van der Waals surface area contributed by atoms with Crippen LogP contribution in [0.15, 0.2) is 41.4 Å². The topological polar surface area (TPSA) is 202 Å². The van der Waals surface area contributed by atoms with E-state index in [0.29, 0.717) is 43.4 Å². The highest BCUT2D eigenvalue weighted by Gasteiger charge is 2.43. The average Bonchev–Trinajstić information content (AvgIpc) is 3.85. The number of guanidine groups is 1. The predicted octanol–water partition coefficient (Wildman–Crippen LogP) is 6.92. The fourth-order valence-electron chi connectivity index (χ4n) is 9.79. The predicted molar refractivity (Wildman–Crippen MR) is 284 cm³/mol. The molecule has 2 aromatic carbocycles. The summed E-state index contributed by atoms with van der Waals surface area (Å²) < 4.78 is 87.3. The normalized spacial score (nSPS) is 16.4. The van der Waals surface area contributed by atoms with E-state index in [0.717, 1.165) is 0 Å². The molecule has 0 radical (unpaired) electrons. The number of benzene rings is 2. The fourth-order valence-corrected chi connectivity index (χ4v) is 10.9. The van der Waals surface area contributed by atoms with Crippen LogP contribution in [0.2, 0.25) is 0 Å². The lowest BCUT2D eigenvalue weighted by Crippen LogP contribution is -2.55. The number of likely N-dealkylation sites (N-methyl/N-ethyl adjacent to an activating group) is 1. The Hall–Kier alpha value is -5.41. The number of halogens is 3. The molecule has 1 aliphatic heterocycles. The van der Waals surface area contributed by atoms with Crippen LogP contribution in [0.4, 0.5) is 13.2 Å². The maximum atomic E-state index is 14.5. The van der Waals surface area contributed by atoms with Crippen LogP contribution >= 0.6 is 0 Å². The number of ether oxygens (including phenoxy) is 3. The minimum Gasteiger partial charge on any atom is -0.420 e. The van der Waals surface area contributed by atoms with Gasteiger partial charge >= 0.3 is 5.97 Å². The van der Waals surface area contributed by atoms with E-state index in [2.05, 4.69) is 9.46 Å². The van der Waals surface area contributed by atoms with E-state index in [9.17, 15) is 50.4 Å². The van der Waals surface area contributed by atoms with Crippen molar-refractivity contribution in [2.24, 2.45) is 28.7 Å². The van der Waals surface area contributed by atoms with Crippen molar-refractivity contribution in [3.05, 3.63) is 65.0 Å². The van der Waals surface area contributed by atoms with Gasteiger partial charge in [0.25, 0.3) is 0 Å². The number of aliphatic imine (C=N–C) groups is 1. The van der Waals surface area contributed by atoms with E-state index >= 15 is 0 Å². The second kappa shape index (κ2) is 30.5. The van der Waals surface area contributed by atoms with E-state index < -0.39 is 93.0 Å². The van der Waals surface area contributed by atoms with Crippen LogP contribution in [0.1, 0.15) is 116 Å². The molecule has 17 nitrogen and oxygen atoms in total. The molecule has 3 rings (SSSR count). The number of hydrogen-bond acceptors (Lipinski definition) is 12. The average molecular weight is 1090 g/mol. The Balaban J connectivity index is 1.68. The van der Waals surface area contributed by atoms with Crippen LogP contribution < -0.4 is 9.46 Å². The van der Waals surface area contributed by atoms with E-state index in [1.807, 2.05) is 65.7 Å². The first-order valence-corrected chi connectivity index (χ1v) is 27.9. The number of esters is 1. The maximum Gasteiger partial charge on any atom is 0.311 e. The quantitative estimate of drug-likeness (QED) is 0.0211. The first-order chi connectivity index (χ1) is 35.7. The van der Waals surface area contributed by atoms with Gasteiger partial charge in [0.05, 0.1) is 36.5 Å². The number of amides is 3. The Morgan fingerprint density at radius 3 is 2.07 bits per heavy atom. The second-order valence-corrected chi connectivity index (χ2v) is 22.6. The fraction of sp³-hybridized carbons (Fsp3) is 0.655. The molecule has 426 valence electrons. The summed E-state index contributed by atoms with van der Waals surface area (Å²) in [6, 6.07) is 7.78. The van der Waals surface area contributed by atoms with Gasteiger partial charge < -0.3 is 33.8 Å². The summed E-state index contributed by atoms with van der Waals surface area (Å²) >= 11 is 0. The Kier molecular flexibility index (Phi) is 26.0. The third kappa shape index (κ3) is 18.7. The van der Waals surface area contributed by atoms with Gasteiger partial charge in [-0.25, -0.2) is 22.2 Å². The van der Waals surface area contributed by atoms with Crippen LogP contribution in [-0.2, 0) is 54.7 Å². The lowest BCUT2D eigenvalue weighted by molar-refractivity contribution is -0.146. The maximum absolute atomic E-state index is 14.5. The molecule has 2 aromatic rings.